The maximum absolute atomic E-state index is 6.31. The van der Waals surface area contributed by atoms with Gasteiger partial charge >= 0.3 is 0 Å². The number of hydrogen-bond donors (Lipinski definition) is 0. The average Bonchev–Trinajstić information content (AvgIpc) is 2.88. The molecule has 0 bridgehead atoms. The third-order valence-corrected chi connectivity index (χ3v) is 5.97. The number of benzene rings is 3. The van der Waals surface area contributed by atoms with E-state index in [9.17, 15) is 0 Å². The number of aromatic nitrogens is 1. The molecular formula is C28H28N2O3. The summed E-state index contributed by atoms with van der Waals surface area (Å²) in [4.78, 5) is 7.21. The van der Waals surface area contributed by atoms with Crippen molar-refractivity contribution in [1.82, 2.24) is 4.98 Å². The van der Waals surface area contributed by atoms with Gasteiger partial charge in [-0.05, 0) is 36.8 Å². The zero-order valence-electron chi connectivity index (χ0n) is 18.9. The van der Waals surface area contributed by atoms with Crippen molar-refractivity contribution in [2.75, 3.05) is 31.2 Å². The van der Waals surface area contributed by atoms with Gasteiger partial charge in [0, 0.05) is 35.8 Å². The molecule has 5 nitrogen and oxygen atoms in total. The molecule has 5 heteroatoms. The predicted molar refractivity (Wildman–Crippen MR) is 131 cm³/mol. The Kier molecular flexibility index (Phi) is 6.40. The predicted octanol–water partition coefficient (Wildman–Crippen LogP) is 5.54. The zero-order valence-corrected chi connectivity index (χ0v) is 18.9. The molecule has 1 aromatic heterocycles. The van der Waals surface area contributed by atoms with Gasteiger partial charge in [-0.2, -0.15) is 0 Å². The molecule has 0 amide bonds. The highest BCUT2D eigenvalue weighted by Crippen LogP contribution is 2.32. The SMILES string of the molecule is Cc1c(COc2cccc(N3CCOCC3)c2)nc2ccccc2c1OCc1ccccc1. The highest BCUT2D eigenvalue weighted by atomic mass is 16.5. The molecule has 0 saturated carbocycles. The van der Waals surface area contributed by atoms with Crippen molar-refractivity contribution in [3.8, 4) is 11.5 Å². The fourth-order valence-electron chi connectivity index (χ4n) is 4.12. The van der Waals surface area contributed by atoms with Crippen LogP contribution in [0.5, 0.6) is 11.5 Å². The minimum atomic E-state index is 0.380. The van der Waals surface area contributed by atoms with Crippen LogP contribution in [0, 0.1) is 6.92 Å². The zero-order chi connectivity index (χ0) is 22.5. The van der Waals surface area contributed by atoms with E-state index in [0.29, 0.717) is 13.2 Å². The third kappa shape index (κ3) is 4.94. The van der Waals surface area contributed by atoms with Crippen LogP contribution >= 0.6 is 0 Å². The lowest BCUT2D eigenvalue weighted by atomic mass is 10.1. The number of pyridine rings is 1. The molecule has 5 rings (SSSR count). The first kappa shape index (κ1) is 21.3. The number of fused-ring (bicyclic) bond motifs is 1. The minimum absolute atomic E-state index is 0.380. The number of rotatable bonds is 7. The van der Waals surface area contributed by atoms with Gasteiger partial charge in [-0.3, -0.25) is 0 Å². The van der Waals surface area contributed by atoms with Crippen LogP contribution in [0.25, 0.3) is 10.9 Å². The van der Waals surface area contributed by atoms with Crippen molar-refractivity contribution in [1.29, 1.82) is 0 Å². The Bertz CT molecular complexity index is 1220. The lowest BCUT2D eigenvalue weighted by molar-refractivity contribution is 0.122. The van der Waals surface area contributed by atoms with E-state index in [4.69, 9.17) is 19.2 Å². The summed E-state index contributed by atoms with van der Waals surface area (Å²) in [6, 6.07) is 26.6. The molecule has 1 aliphatic heterocycles. The minimum Gasteiger partial charge on any atom is -0.488 e. The molecule has 1 fully saturated rings. The van der Waals surface area contributed by atoms with Crippen LogP contribution in [-0.2, 0) is 18.0 Å². The summed E-state index contributed by atoms with van der Waals surface area (Å²) in [5, 5.41) is 1.02. The van der Waals surface area contributed by atoms with E-state index < -0.39 is 0 Å². The summed E-state index contributed by atoms with van der Waals surface area (Å²) in [6.45, 7) is 6.27. The van der Waals surface area contributed by atoms with E-state index in [1.54, 1.807) is 0 Å². The number of anilines is 1. The van der Waals surface area contributed by atoms with E-state index in [-0.39, 0.29) is 0 Å². The Morgan fingerprint density at radius 1 is 0.848 bits per heavy atom. The molecule has 0 spiro atoms. The quantitative estimate of drug-likeness (QED) is 0.378. The van der Waals surface area contributed by atoms with E-state index >= 15 is 0 Å². The second kappa shape index (κ2) is 9.92. The molecule has 0 unspecified atom stereocenters. The Morgan fingerprint density at radius 3 is 2.48 bits per heavy atom. The fourth-order valence-corrected chi connectivity index (χ4v) is 4.12. The molecule has 0 aliphatic carbocycles. The van der Waals surface area contributed by atoms with Crippen LogP contribution in [0.1, 0.15) is 16.8 Å². The van der Waals surface area contributed by atoms with E-state index in [0.717, 1.165) is 71.2 Å². The first-order valence-electron chi connectivity index (χ1n) is 11.4. The molecule has 1 aliphatic rings. The standard InChI is InChI=1S/C28H28N2O3/c1-21-27(20-32-24-11-7-10-23(18-24)30-14-16-31-17-15-30)29-26-13-6-5-12-25(26)28(21)33-19-22-8-3-2-4-9-22/h2-13,18H,14-17,19-20H2,1H3. The molecular weight excluding hydrogens is 412 g/mol. The van der Waals surface area contributed by atoms with Crippen molar-refractivity contribution < 1.29 is 14.2 Å². The van der Waals surface area contributed by atoms with Crippen LogP contribution in [0.3, 0.4) is 0 Å². The first-order valence-corrected chi connectivity index (χ1v) is 11.4. The van der Waals surface area contributed by atoms with E-state index in [1.807, 2.05) is 48.5 Å². The first-order chi connectivity index (χ1) is 16.3. The second-order valence-electron chi connectivity index (χ2n) is 8.19. The van der Waals surface area contributed by atoms with E-state index in [2.05, 4.69) is 42.2 Å². The maximum Gasteiger partial charge on any atom is 0.134 e. The van der Waals surface area contributed by atoms with Gasteiger partial charge in [-0.25, -0.2) is 4.98 Å². The molecule has 0 radical (unpaired) electrons. The van der Waals surface area contributed by atoms with Crippen LogP contribution in [-0.4, -0.2) is 31.3 Å². The summed E-state index contributed by atoms with van der Waals surface area (Å²) in [5.74, 6) is 1.70. The highest BCUT2D eigenvalue weighted by molar-refractivity contribution is 5.86. The van der Waals surface area contributed by atoms with Gasteiger partial charge in [0.25, 0.3) is 0 Å². The molecule has 1 saturated heterocycles. The van der Waals surface area contributed by atoms with Gasteiger partial charge < -0.3 is 19.1 Å². The molecule has 2 heterocycles. The van der Waals surface area contributed by atoms with Crippen molar-refractivity contribution in [3.63, 3.8) is 0 Å². The maximum atomic E-state index is 6.31. The van der Waals surface area contributed by atoms with Gasteiger partial charge in [0.2, 0.25) is 0 Å². The van der Waals surface area contributed by atoms with Crippen molar-refractivity contribution in [2.45, 2.75) is 20.1 Å². The van der Waals surface area contributed by atoms with Crippen molar-refractivity contribution in [2.24, 2.45) is 0 Å². The Balaban J connectivity index is 1.37. The normalized spacial score (nSPS) is 13.8. The topological polar surface area (TPSA) is 43.8 Å². The van der Waals surface area contributed by atoms with Gasteiger partial charge in [0.05, 0.1) is 24.4 Å². The monoisotopic (exact) mass is 440 g/mol. The summed E-state index contributed by atoms with van der Waals surface area (Å²) in [7, 11) is 0. The lowest BCUT2D eigenvalue weighted by Crippen LogP contribution is -2.36. The van der Waals surface area contributed by atoms with Crippen molar-refractivity contribution >= 4 is 16.6 Å². The van der Waals surface area contributed by atoms with Crippen LogP contribution < -0.4 is 14.4 Å². The fraction of sp³-hybridized carbons (Fsp3) is 0.250. The average molecular weight is 441 g/mol. The van der Waals surface area contributed by atoms with Crippen LogP contribution in [0.15, 0.2) is 78.9 Å². The molecule has 0 N–H and O–H groups in total. The molecule has 3 aromatic carbocycles. The number of morpholine rings is 1. The van der Waals surface area contributed by atoms with Gasteiger partial charge in [0.15, 0.2) is 0 Å². The van der Waals surface area contributed by atoms with Gasteiger partial charge in [-0.1, -0.05) is 48.5 Å². The second-order valence-corrected chi connectivity index (χ2v) is 8.19. The Labute approximate surface area is 194 Å². The summed E-state index contributed by atoms with van der Waals surface area (Å²) >= 11 is 0. The Morgan fingerprint density at radius 2 is 1.64 bits per heavy atom. The van der Waals surface area contributed by atoms with Crippen LogP contribution in [0.4, 0.5) is 5.69 Å². The lowest BCUT2D eigenvalue weighted by Gasteiger charge is -2.29. The summed E-state index contributed by atoms with van der Waals surface area (Å²) in [5.41, 5.74) is 5.09. The summed E-state index contributed by atoms with van der Waals surface area (Å²) < 4.78 is 18.0. The van der Waals surface area contributed by atoms with Crippen LogP contribution in [0.2, 0.25) is 0 Å². The van der Waals surface area contributed by atoms with Crippen molar-refractivity contribution in [3.05, 3.63) is 95.7 Å². The largest absolute Gasteiger partial charge is 0.488 e. The number of para-hydroxylation sites is 1. The Hall–Kier alpha value is -3.57. The van der Waals surface area contributed by atoms with E-state index in [1.165, 1.54) is 0 Å². The molecule has 33 heavy (non-hydrogen) atoms. The highest BCUT2D eigenvalue weighted by Gasteiger charge is 2.15. The molecule has 4 aromatic rings. The molecule has 168 valence electrons. The number of hydrogen-bond acceptors (Lipinski definition) is 5. The number of ether oxygens (including phenoxy) is 3. The van der Waals surface area contributed by atoms with Gasteiger partial charge in [0.1, 0.15) is 24.7 Å². The third-order valence-electron chi connectivity index (χ3n) is 5.97. The smallest absolute Gasteiger partial charge is 0.134 e. The molecule has 0 atom stereocenters. The number of nitrogens with zero attached hydrogens (tertiary/aromatic N) is 2. The summed E-state index contributed by atoms with van der Waals surface area (Å²) in [6.07, 6.45) is 0. The van der Waals surface area contributed by atoms with Gasteiger partial charge in [-0.15, -0.1) is 0 Å².